The third-order valence-corrected chi connectivity index (χ3v) is 5.16. The molecule has 1 aliphatic rings. The van der Waals surface area contributed by atoms with Crippen LogP contribution in [0.15, 0.2) is 12.5 Å². The first-order chi connectivity index (χ1) is 14.7. The summed E-state index contributed by atoms with van der Waals surface area (Å²) in [6.07, 6.45) is -0.845. The fourth-order valence-electron chi connectivity index (χ4n) is 3.39. The van der Waals surface area contributed by atoms with E-state index in [4.69, 9.17) is 17.3 Å². The number of carbonyl (C=O) groups is 1. The largest absolute Gasteiger partial charge is 0.451 e. The van der Waals surface area contributed by atoms with Gasteiger partial charge in [-0.1, -0.05) is 11.6 Å². The Morgan fingerprint density at radius 2 is 2.13 bits per heavy atom. The Morgan fingerprint density at radius 3 is 2.90 bits per heavy atom. The molecule has 4 heterocycles. The highest BCUT2D eigenvalue weighted by Crippen LogP contribution is 2.26. The lowest BCUT2D eigenvalue weighted by molar-refractivity contribution is -0.144. The number of hydrogen-bond donors (Lipinski definition) is 3. The number of amides is 1. The summed E-state index contributed by atoms with van der Waals surface area (Å²) in [5.74, 6) is -1.21. The number of piperidine rings is 1. The minimum atomic E-state index is -4.64. The summed E-state index contributed by atoms with van der Waals surface area (Å²) in [7, 11) is 0. The molecule has 1 amide bonds. The summed E-state index contributed by atoms with van der Waals surface area (Å²) >= 11 is 6.00. The lowest BCUT2D eigenvalue weighted by Gasteiger charge is -2.32. The van der Waals surface area contributed by atoms with Gasteiger partial charge in [-0.15, -0.1) is 0 Å². The van der Waals surface area contributed by atoms with Gasteiger partial charge in [-0.25, -0.2) is 24.9 Å². The molecule has 3 aromatic heterocycles. The van der Waals surface area contributed by atoms with Gasteiger partial charge >= 0.3 is 6.18 Å². The molecule has 4 rings (SSSR count). The molecule has 1 fully saturated rings. The standard InChI is InChI=1S/C17H17ClF3N9O/c18-11-12(24-7-25-13(11)22)15(31)26-8-2-1-3-30(5-8)6-10-27-9-4-23-16(17(19,20)21)29-14(9)28-10/h4,7-8H,1-3,5-6H2,(H,26,31)(H2,22,24,25)(H,23,27,28,29). The zero-order valence-electron chi connectivity index (χ0n) is 15.9. The molecule has 3 aromatic rings. The molecular formula is C17H17ClF3N9O. The maximum absolute atomic E-state index is 12.8. The Bertz CT molecular complexity index is 1120. The Labute approximate surface area is 178 Å². The fraction of sp³-hybridized carbons (Fsp3) is 0.412. The molecule has 4 N–H and O–H groups in total. The van der Waals surface area contributed by atoms with Gasteiger partial charge in [-0.2, -0.15) is 13.2 Å². The zero-order valence-corrected chi connectivity index (χ0v) is 16.7. The van der Waals surface area contributed by atoms with Crippen molar-refractivity contribution in [1.29, 1.82) is 0 Å². The van der Waals surface area contributed by atoms with Gasteiger partial charge in [-0.3, -0.25) is 9.69 Å². The molecule has 0 spiro atoms. The second-order valence-electron chi connectivity index (χ2n) is 7.08. The van der Waals surface area contributed by atoms with Crippen LogP contribution in [0.2, 0.25) is 5.02 Å². The fourth-order valence-corrected chi connectivity index (χ4v) is 3.58. The van der Waals surface area contributed by atoms with Crippen LogP contribution in [0.5, 0.6) is 0 Å². The summed E-state index contributed by atoms with van der Waals surface area (Å²) in [4.78, 5) is 36.0. The number of alkyl halides is 3. The van der Waals surface area contributed by atoms with E-state index in [9.17, 15) is 18.0 Å². The third-order valence-electron chi connectivity index (χ3n) is 4.79. The SMILES string of the molecule is Nc1ncnc(C(=O)NC2CCCN(Cc3nc4nc(C(F)(F)F)ncc4[nH]3)C2)c1Cl. The zero-order chi connectivity index (χ0) is 22.2. The highest BCUT2D eigenvalue weighted by molar-refractivity contribution is 6.35. The number of carbonyl (C=O) groups excluding carboxylic acids is 1. The molecule has 1 atom stereocenters. The van der Waals surface area contributed by atoms with Crippen molar-refractivity contribution in [3.63, 3.8) is 0 Å². The quantitative estimate of drug-likeness (QED) is 0.541. The lowest BCUT2D eigenvalue weighted by atomic mass is 10.1. The first kappa shape index (κ1) is 21.2. The molecule has 1 aliphatic heterocycles. The topological polar surface area (TPSA) is 139 Å². The van der Waals surface area contributed by atoms with Crippen molar-refractivity contribution in [2.24, 2.45) is 0 Å². The average Bonchev–Trinajstić information content (AvgIpc) is 3.11. The van der Waals surface area contributed by atoms with E-state index in [0.29, 0.717) is 24.4 Å². The third kappa shape index (κ3) is 4.66. The van der Waals surface area contributed by atoms with Gasteiger partial charge in [0.25, 0.3) is 5.91 Å². The summed E-state index contributed by atoms with van der Waals surface area (Å²) in [5, 5.41) is 2.88. The maximum Gasteiger partial charge on any atom is 0.451 e. The van der Waals surface area contributed by atoms with Crippen LogP contribution in [0.25, 0.3) is 11.2 Å². The molecule has 1 unspecified atom stereocenters. The Hall–Kier alpha value is -3.06. The van der Waals surface area contributed by atoms with Gasteiger partial charge in [0, 0.05) is 12.6 Å². The van der Waals surface area contributed by atoms with Crippen LogP contribution in [0.4, 0.5) is 19.0 Å². The number of nitrogens with two attached hydrogens (primary N) is 1. The number of halogens is 4. The number of rotatable bonds is 4. The molecule has 1 saturated heterocycles. The smallest absolute Gasteiger partial charge is 0.382 e. The normalized spacial score (nSPS) is 17.7. The van der Waals surface area contributed by atoms with Crippen molar-refractivity contribution in [3.8, 4) is 0 Å². The van der Waals surface area contributed by atoms with Gasteiger partial charge in [0.15, 0.2) is 11.3 Å². The lowest BCUT2D eigenvalue weighted by Crippen LogP contribution is -2.47. The van der Waals surface area contributed by atoms with Crippen molar-refractivity contribution in [2.75, 3.05) is 18.8 Å². The molecule has 0 aliphatic carbocycles. The number of imidazole rings is 1. The van der Waals surface area contributed by atoms with Crippen LogP contribution < -0.4 is 11.1 Å². The van der Waals surface area contributed by atoms with E-state index >= 15 is 0 Å². The van der Waals surface area contributed by atoms with E-state index in [-0.39, 0.29) is 28.2 Å². The monoisotopic (exact) mass is 455 g/mol. The van der Waals surface area contributed by atoms with Gasteiger partial charge in [0.1, 0.15) is 28.5 Å². The number of likely N-dealkylation sites (tertiary alicyclic amines) is 1. The van der Waals surface area contributed by atoms with Crippen LogP contribution in [0.3, 0.4) is 0 Å². The number of nitrogen functional groups attached to an aromatic ring is 1. The molecule has 0 aromatic carbocycles. The number of H-pyrrole nitrogens is 1. The molecule has 0 bridgehead atoms. The Balaban J connectivity index is 1.42. The second kappa shape index (κ2) is 8.23. The van der Waals surface area contributed by atoms with Crippen molar-refractivity contribution in [2.45, 2.75) is 31.6 Å². The Morgan fingerprint density at radius 1 is 1.32 bits per heavy atom. The maximum atomic E-state index is 12.8. The number of aromatic amines is 1. The summed E-state index contributed by atoms with van der Waals surface area (Å²) in [6, 6.07) is -0.172. The number of fused-ring (bicyclic) bond motifs is 1. The van der Waals surface area contributed by atoms with Gasteiger partial charge < -0.3 is 16.0 Å². The molecular weight excluding hydrogens is 439 g/mol. The number of anilines is 1. The van der Waals surface area contributed by atoms with Crippen molar-refractivity contribution in [3.05, 3.63) is 34.9 Å². The van der Waals surface area contributed by atoms with E-state index in [1.54, 1.807) is 0 Å². The van der Waals surface area contributed by atoms with Crippen LogP contribution in [-0.4, -0.2) is 59.8 Å². The summed E-state index contributed by atoms with van der Waals surface area (Å²) in [5.41, 5.74) is 5.89. The minimum absolute atomic E-state index is 0.00242. The highest BCUT2D eigenvalue weighted by Gasteiger charge is 2.35. The van der Waals surface area contributed by atoms with E-state index in [0.717, 1.165) is 31.9 Å². The average molecular weight is 456 g/mol. The Kier molecular flexibility index (Phi) is 5.62. The van der Waals surface area contributed by atoms with Gasteiger partial charge in [-0.05, 0) is 19.4 Å². The van der Waals surface area contributed by atoms with Crippen molar-refractivity contribution < 1.29 is 18.0 Å². The summed E-state index contributed by atoms with van der Waals surface area (Å²) in [6.45, 7) is 1.61. The van der Waals surface area contributed by atoms with Crippen LogP contribution in [0.1, 0.15) is 35.0 Å². The predicted octanol–water partition coefficient (Wildman–Crippen LogP) is 1.79. The highest BCUT2D eigenvalue weighted by atomic mass is 35.5. The van der Waals surface area contributed by atoms with E-state index in [1.165, 1.54) is 0 Å². The van der Waals surface area contributed by atoms with E-state index < -0.39 is 17.9 Å². The first-order valence-electron chi connectivity index (χ1n) is 9.28. The molecule has 164 valence electrons. The van der Waals surface area contributed by atoms with Crippen LogP contribution in [-0.2, 0) is 12.7 Å². The van der Waals surface area contributed by atoms with Gasteiger partial charge in [0.2, 0.25) is 5.82 Å². The van der Waals surface area contributed by atoms with E-state index in [1.807, 2.05) is 4.90 Å². The number of hydrogen-bond acceptors (Lipinski definition) is 8. The number of aromatic nitrogens is 6. The number of nitrogens with one attached hydrogen (secondary N) is 2. The second-order valence-corrected chi connectivity index (χ2v) is 7.46. The molecule has 0 saturated carbocycles. The van der Waals surface area contributed by atoms with Crippen molar-refractivity contribution in [1.82, 2.24) is 40.1 Å². The van der Waals surface area contributed by atoms with Gasteiger partial charge in [0.05, 0.1) is 12.7 Å². The molecule has 31 heavy (non-hydrogen) atoms. The first-order valence-corrected chi connectivity index (χ1v) is 9.66. The van der Waals surface area contributed by atoms with Crippen LogP contribution in [0, 0.1) is 0 Å². The van der Waals surface area contributed by atoms with Crippen molar-refractivity contribution >= 4 is 34.5 Å². The molecule has 0 radical (unpaired) electrons. The number of nitrogens with zero attached hydrogens (tertiary/aromatic N) is 6. The van der Waals surface area contributed by atoms with E-state index in [2.05, 4.69) is 35.2 Å². The summed E-state index contributed by atoms with van der Waals surface area (Å²) < 4.78 is 38.4. The van der Waals surface area contributed by atoms with Crippen LogP contribution >= 0.6 is 11.6 Å². The minimum Gasteiger partial charge on any atom is -0.382 e. The predicted molar refractivity (Wildman–Crippen MR) is 104 cm³/mol. The molecule has 10 nitrogen and oxygen atoms in total. The molecule has 14 heteroatoms.